The van der Waals surface area contributed by atoms with Gasteiger partial charge in [-0.1, -0.05) is 37.3 Å². The Bertz CT molecular complexity index is 425. The minimum atomic E-state index is 0.434. The zero-order chi connectivity index (χ0) is 12.1. The summed E-state index contributed by atoms with van der Waals surface area (Å²) in [5, 5.41) is 6.64. The molecule has 1 heterocycles. The first-order valence-corrected chi connectivity index (χ1v) is 6.80. The maximum atomic E-state index is 4.36. The predicted octanol–water partition coefficient (Wildman–Crippen LogP) is 3.08. The maximum absolute atomic E-state index is 4.36. The lowest BCUT2D eigenvalue weighted by Crippen LogP contribution is -2.32. The molecule has 0 fully saturated rings. The third-order valence-electron chi connectivity index (χ3n) is 3.18. The summed E-state index contributed by atoms with van der Waals surface area (Å²) in [5.41, 5.74) is 1.38. The van der Waals surface area contributed by atoms with E-state index in [2.05, 4.69) is 47.6 Å². The van der Waals surface area contributed by atoms with Crippen LogP contribution < -0.4 is 5.32 Å². The second kappa shape index (κ2) is 5.94. The van der Waals surface area contributed by atoms with Crippen molar-refractivity contribution in [3.8, 4) is 0 Å². The molecule has 3 heteroatoms. The molecule has 0 radical (unpaired) electrons. The molecule has 1 aromatic heterocycles. The van der Waals surface area contributed by atoms with Gasteiger partial charge in [-0.25, -0.2) is 4.98 Å². The number of hydrogen-bond donors (Lipinski definition) is 1. The van der Waals surface area contributed by atoms with E-state index in [9.17, 15) is 0 Å². The number of benzene rings is 1. The molecule has 0 aliphatic heterocycles. The van der Waals surface area contributed by atoms with E-state index < -0.39 is 0 Å². The molecule has 2 rings (SSSR count). The van der Waals surface area contributed by atoms with Gasteiger partial charge in [0.1, 0.15) is 0 Å². The summed E-state index contributed by atoms with van der Waals surface area (Å²) in [6.45, 7) is 2.27. The van der Waals surface area contributed by atoms with E-state index in [4.69, 9.17) is 0 Å². The second-order valence-corrected chi connectivity index (χ2v) is 5.20. The first-order chi connectivity index (χ1) is 8.31. The zero-order valence-electron chi connectivity index (χ0n) is 10.3. The molecule has 0 spiro atoms. The van der Waals surface area contributed by atoms with Crippen LogP contribution in [0.15, 0.2) is 41.9 Å². The summed E-state index contributed by atoms with van der Waals surface area (Å²) in [5.74, 6) is 0.491. The van der Waals surface area contributed by atoms with Crippen LogP contribution in [-0.2, 0) is 6.42 Å². The van der Waals surface area contributed by atoms with Crippen LogP contribution in [0.4, 0.5) is 0 Å². The number of hydrogen-bond acceptors (Lipinski definition) is 3. The highest BCUT2D eigenvalue weighted by atomic mass is 32.1. The highest BCUT2D eigenvalue weighted by Gasteiger charge is 2.18. The molecule has 17 heavy (non-hydrogen) atoms. The van der Waals surface area contributed by atoms with Crippen LogP contribution in [0, 0.1) is 0 Å². The molecular weight excluding hydrogens is 228 g/mol. The van der Waals surface area contributed by atoms with Crippen molar-refractivity contribution in [2.45, 2.75) is 25.3 Å². The van der Waals surface area contributed by atoms with Crippen LogP contribution in [0.3, 0.4) is 0 Å². The molecule has 2 aromatic rings. The Morgan fingerprint density at radius 3 is 2.65 bits per heavy atom. The Kier molecular flexibility index (Phi) is 4.29. The van der Waals surface area contributed by atoms with Crippen LogP contribution in [-0.4, -0.2) is 18.1 Å². The number of thiazole rings is 1. The molecule has 0 amide bonds. The van der Waals surface area contributed by atoms with Crippen molar-refractivity contribution in [2.75, 3.05) is 7.05 Å². The van der Waals surface area contributed by atoms with Gasteiger partial charge in [-0.15, -0.1) is 11.3 Å². The largest absolute Gasteiger partial charge is 0.316 e. The van der Waals surface area contributed by atoms with E-state index in [0.717, 1.165) is 6.42 Å². The molecule has 90 valence electrons. The van der Waals surface area contributed by atoms with Crippen molar-refractivity contribution in [1.82, 2.24) is 10.3 Å². The fourth-order valence-corrected chi connectivity index (χ4v) is 2.74. The highest BCUT2D eigenvalue weighted by Crippen LogP contribution is 2.22. The molecule has 0 saturated carbocycles. The van der Waals surface area contributed by atoms with E-state index in [1.807, 2.05) is 18.6 Å². The summed E-state index contributed by atoms with van der Waals surface area (Å²) in [6.07, 6.45) is 2.87. The molecule has 2 atom stereocenters. The summed E-state index contributed by atoms with van der Waals surface area (Å²) in [4.78, 5) is 4.36. The Morgan fingerprint density at radius 1 is 1.29 bits per heavy atom. The molecule has 1 N–H and O–H groups in total. The Balaban J connectivity index is 2.08. The number of nitrogens with one attached hydrogen (secondary N) is 1. The fraction of sp³-hybridized carbons (Fsp3) is 0.357. The molecule has 2 unspecified atom stereocenters. The van der Waals surface area contributed by atoms with Gasteiger partial charge >= 0.3 is 0 Å². The van der Waals surface area contributed by atoms with Gasteiger partial charge < -0.3 is 5.32 Å². The smallest absolute Gasteiger partial charge is 0.0940 e. The van der Waals surface area contributed by atoms with Crippen LogP contribution in [0.1, 0.15) is 23.4 Å². The van der Waals surface area contributed by atoms with Crippen LogP contribution in [0.5, 0.6) is 0 Å². The van der Waals surface area contributed by atoms with Crippen molar-refractivity contribution in [2.24, 2.45) is 0 Å². The van der Waals surface area contributed by atoms with Crippen molar-refractivity contribution in [1.29, 1.82) is 0 Å². The lowest BCUT2D eigenvalue weighted by Gasteiger charge is -2.23. The highest BCUT2D eigenvalue weighted by molar-refractivity contribution is 7.09. The van der Waals surface area contributed by atoms with Gasteiger partial charge in [-0.3, -0.25) is 0 Å². The van der Waals surface area contributed by atoms with Crippen molar-refractivity contribution < 1.29 is 0 Å². The first kappa shape index (κ1) is 12.3. The Hall–Kier alpha value is -1.19. The van der Waals surface area contributed by atoms with Gasteiger partial charge in [0.15, 0.2) is 0 Å². The average Bonchev–Trinajstić information content (AvgIpc) is 2.89. The third-order valence-corrected chi connectivity index (χ3v) is 3.98. The van der Waals surface area contributed by atoms with Crippen molar-refractivity contribution >= 4 is 11.3 Å². The molecule has 0 aliphatic rings. The number of likely N-dealkylation sites (N-methyl/N-ethyl adjacent to an activating group) is 1. The predicted molar refractivity (Wildman–Crippen MR) is 73.5 cm³/mol. The SMILES string of the molecule is CNC(Cc1nccs1)C(C)c1ccccc1. The Morgan fingerprint density at radius 2 is 2.06 bits per heavy atom. The monoisotopic (exact) mass is 246 g/mol. The minimum absolute atomic E-state index is 0.434. The lowest BCUT2D eigenvalue weighted by atomic mass is 9.91. The average molecular weight is 246 g/mol. The number of aromatic nitrogens is 1. The van der Waals surface area contributed by atoms with Gasteiger partial charge in [-0.05, 0) is 18.5 Å². The second-order valence-electron chi connectivity index (χ2n) is 4.22. The first-order valence-electron chi connectivity index (χ1n) is 5.92. The normalized spacial score (nSPS) is 14.5. The minimum Gasteiger partial charge on any atom is -0.316 e. The molecule has 0 saturated heterocycles. The van der Waals surface area contributed by atoms with Gasteiger partial charge in [0.05, 0.1) is 5.01 Å². The van der Waals surface area contributed by atoms with Crippen LogP contribution >= 0.6 is 11.3 Å². The van der Waals surface area contributed by atoms with E-state index in [0.29, 0.717) is 12.0 Å². The summed E-state index contributed by atoms with van der Waals surface area (Å²) in [6, 6.07) is 11.1. The van der Waals surface area contributed by atoms with Gasteiger partial charge in [0, 0.05) is 24.0 Å². The zero-order valence-corrected chi connectivity index (χ0v) is 11.1. The van der Waals surface area contributed by atoms with Gasteiger partial charge in [0.25, 0.3) is 0 Å². The topological polar surface area (TPSA) is 24.9 Å². The molecule has 1 aromatic carbocycles. The molecule has 0 aliphatic carbocycles. The number of nitrogens with zero attached hydrogens (tertiary/aromatic N) is 1. The summed E-state index contributed by atoms with van der Waals surface area (Å²) >= 11 is 1.73. The lowest BCUT2D eigenvalue weighted by molar-refractivity contribution is 0.482. The van der Waals surface area contributed by atoms with Gasteiger partial charge in [-0.2, -0.15) is 0 Å². The van der Waals surface area contributed by atoms with Gasteiger partial charge in [0.2, 0.25) is 0 Å². The van der Waals surface area contributed by atoms with E-state index in [1.54, 1.807) is 11.3 Å². The molecule has 2 nitrogen and oxygen atoms in total. The molecular formula is C14H18N2S. The van der Waals surface area contributed by atoms with Crippen LogP contribution in [0.25, 0.3) is 0 Å². The van der Waals surface area contributed by atoms with E-state index >= 15 is 0 Å². The van der Waals surface area contributed by atoms with E-state index in [-0.39, 0.29) is 0 Å². The summed E-state index contributed by atoms with van der Waals surface area (Å²) in [7, 11) is 2.03. The summed E-state index contributed by atoms with van der Waals surface area (Å²) < 4.78 is 0. The Labute approximate surface area is 107 Å². The number of rotatable bonds is 5. The quantitative estimate of drug-likeness (QED) is 0.877. The van der Waals surface area contributed by atoms with Crippen molar-refractivity contribution in [3.05, 3.63) is 52.5 Å². The standard InChI is InChI=1S/C14H18N2S/c1-11(12-6-4-3-5-7-12)13(15-2)10-14-16-8-9-17-14/h3-9,11,13,15H,10H2,1-2H3. The maximum Gasteiger partial charge on any atom is 0.0940 e. The van der Waals surface area contributed by atoms with E-state index in [1.165, 1.54) is 10.6 Å². The third kappa shape index (κ3) is 3.14. The molecule has 0 bridgehead atoms. The van der Waals surface area contributed by atoms with Crippen LogP contribution in [0.2, 0.25) is 0 Å². The fourth-order valence-electron chi connectivity index (χ4n) is 2.06. The van der Waals surface area contributed by atoms with Crippen molar-refractivity contribution in [3.63, 3.8) is 0 Å².